The minimum atomic E-state index is -0.616. The first-order valence-corrected chi connectivity index (χ1v) is 8.27. The first kappa shape index (κ1) is 15.8. The summed E-state index contributed by atoms with van der Waals surface area (Å²) in [5.41, 5.74) is 2.27. The van der Waals surface area contributed by atoms with Gasteiger partial charge in [0, 0.05) is 17.1 Å². The highest BCUT2D eigenvalue weighted by Gasteiger charge is 2.23. The Morgan fingerprint density at radius 2 is 2.09 bits per heavy atom. The molecule has 2 N–H and O–H groups in total. The third-order valence-electron chi connectivity index (χ3n) is 4.64. The smallest absolute Gasteiger partial charge is 0.133 e. The lowest BCUT2D eigenvalue weighted by Gasteiger charge is -2.33. The zero-order chi connectivity index (χ0) is 15.5. The third-order valence-corrected chi connectivity index (χ3v) is 4.89. The van der Waals surface area contributed by atoms with Gasteiger partial charge in [-0.15, -0.1) is 0 Å². The molecule has 1 aromatic rings. The van der Waals surface area contributed by atoms with Gasteiger partial charge in [0.1, 0.15) is 6.23 Å². The number of rotatable bonds is 5. The molecule has 3 atom stereocenters. The summed E-state index contributed by atoms with van der Waals surface area (Å²) in [6.45, 7) is 1.15. The zero-order valence-corrected chi connectivity index (χ0v) is 13.6. The minimum absolute atomic E-state index is 0.226. The van der Waals surface area contributed by atoms with Gasteiger partial charge in [-0.1, -0.05) is 47.5 Å². The van der Waals surface area contributed by atoms with Crippen molar-refractivity contribution >= 4 is 11.6 Å². The predicted molar refractivity (Wildman–Crippen MR) is 90.8 cm³/mol. The number of likely N-dealkylation sites (N-methyl/N-ethyl adjacent to an activating group) is 1. The van der Waals surface area contributed by atoms with Gasteiger partial charge in [-0.05, 0) is 50.6 Å². The van der Waals surface area contributed by atoms with Gasteiger partial charge >= 0.3 is 0 Å². The molecule has 3 rings (SSSR count). The van der Waals surface area contributed by atoms with E-state index in [0.29, 0.717) is 11.1 Å². The molecule has 0 bridgehead atoms. The summed E-state index contributed by atoms with van der Waals surface area (Å²) in [6, 6.07) is 8.26. The molecule has 1 aliphatic heterocycles. The predicted octanol–water partition coefficient (Wildman–Crippen LogP) is 3.27. The number of nitrogens with zero attached hydrogens (tertiary/aromatic N) is 1. The second-order valence-corrected chi connectivity index (χ2v) is 6.61. The Kier molecular flexibility index (Phi) is 4.99. The summed E-state index contributed by atoms with van der Waals surface area (Å²) in [7, 11) is 1.96. The Morgan fingerprint density at radius 3 is 2.64 bits per heavy atom. The van der Waals surface area contributed by atoms with Crippen LogP contribution in [0.1, 0.15) is 31.1 Å². The van der Waals surface area contributed by atoms with E-state index in [4.69, 9.17) is 11.6 Å². The van der Waals surface area contributed by atoms with E-state index in [-0.39, 0.29) is 6.04 Å². The van der Waals surface area contributed by atoms with E-state index in [1.807, 2.05) is 36.2 Å². The number of hydrogen-bond donors (Lipinski definition) is 2. The maximum atomic E-state index is 10.5. The van der Waals surface area contributed by atoms with Gasteiger partial charge in [-0.2, -0.15) is 0 Å². The highest BCUT2D eigenvalue weighted by molar-refractivity contribution is 6.30. The van der Waals surface area contributed by atoms with E-state index in [2.05, 4.69) is 23.5 Å². The number of benzene rings is 1. The summed E-state index contributed by atoms with van der Waals surface area (Å²) in [5, 5.41) is 14.6. The molecule has 1 aromatic carbocycles. The fourth-order valence-corrected chi connectivity index (χ4v) is 3.09. The molecule has 0 spiro atoms. The molecule has 0 aromatic heterocycles. The number of allylic oxidation sites excluding steroid dienone is 1. The molecule has 1 saturated heterocycles. The van der Waals surface area contributed by atoms with E-state index >= 15 is 0 Å². The second-order valence-electron chi connectivity index (χ2n) is 6.18. The first-order chi connectivity index (χ1) is 10.6. The summed E-state index contributed by atoms with van der Waals surface area (Å²) in [5.74, 6) is 0. The molecule has 0 radical (unpaired) electrons. The molecule has 4 heteroatoms. The van der Waals surface area contributed by atoms with Crippen LogP contribution in [0.5, 0.6) is 0 Å². The Labute approximate surface area is 137 Å². The Balaban J connectivity index is 1.58. The lowest BCUT2D eigenvalue weighted by Crippen LogP contribution is -2.43. The summed E-state index contributed by atoms with van der Waals surface area (Å²) >= 11 is 5.90. The average Bonchev–Trinajstić information content (AvgIpc) is 2.51. The van der Waals surface area contributed by atoms with Crippen LogP contribution in [0.25, 0.3) is 0 Å². The largest absolute Gasteiger partial charge is 0.374 e. The van der Waals surface area contributed by atoms with E-state index in [9.17, 15) is 5.11 Å². The van der Waals surface area contributed by atoms with E-state index in [1.54, 1.807) is 0 Å². The van der Waals surface area contributed by atoms with Crippen molar-refractivity contribution in [2.24, 2.45) is 0 Å². The average molecular weight is 319 g/mol. The van der Waals surface area contributed by atoms with Crippen molar-refractivity contribution in [2.75, 3.05) is 13.6 Å². The van der Waals surface area contributed by atoms with Crippen LogP contribution in [0, 0.1) is 0 Å². The van der Waals surface area contributed by atoms with Gasteiger partial charge in [-0.3, -0.25) is 4.90 Å². The molecule has 1 fully saturated rings. The van der Waals surface area contributed by atoms with Gasteiger partial charge in [0.05, 0.1) is 0 Å². The van der Waals surface area contributed by atoms with Crippen LogP contribution < -0.4 is 5.32 Å². The van der Waals surface area contributed by atoms with Crippen LogP contribution in [-0.2, 0) is 0 Å². The van der Waals surface area contributed by atoms with Crippen molar-refractivity contribution in [3.8, 4) is 0 Å². The van der Waals surface area contributed by atoms with E-state index in [0.717, 1.165) is 24.9 Å². The summed E-state index contributed by atoms with van der Waals surface area (Å²) < 4.78 is 0. The second kappa shape index (κ2) is 6.97. The highest BCUT2D eigenvalue weighted by atomic mass is 35.5. The number of nitrogens with one attached hydrogen (secondary N) is 1. The maximum absolute atomic E-state index is 10.5. The van der Waals surface area contributed by atoms with Crippen molar-refractivity contribution in [3.05, 3.63) is 58.7 Å². The first-order valence-electron chi connectivity index (χ1n) is 7.89. The minimum Gasteiger partial charge on any atom is -0.374 e. The number of aliphatic hydroxyl groups excluding tert-OH is 1. The zero-order valence-electron chi connectivity index (χ0n) is 12.9. The van der Waals surface area contributed by atoms with Crippen LogP contribution in [0.4, 0.5) is 0 Å². The van der Waals surface area contributed by atoms with E-state index < -0.39 is 6.23 Å². The Morgan fingerprint density at radius 1 is 1.36 bits per heavy atom. The monoisotopic (exact) mass is 318 g/mol. The van der Waals surface area contributed by atoms with Crippen molar-refractivity contribution in [3.63, 3.8) is 0 Å². The molecule has 2 unspecified atom stereocenters. The lowest BCUT2D eigenvalue weighted by atomic mass is 9.93. The Bertz CT molecular complexity index is 563. The van der Waals surface area contributed by atoms with Crippen LogP contribution in [0.15, 0.2) is 48.1 Å². The van der Waals surface area contributed by atoms with Crippen molar-refractivity contribution in [1.29, 1.82) is 0 Å². The number of hydrogen-bond acceptors (Lipinski definition) is 3. The molecule has 0 saturated carbocycles. The van der Waals surface area contributed by atoms with Gasteiger partial charge in [0.15, 0.2) is 0 Å². The summed E-state index contributed by atoms with van der Waals surface area (Å²) in [6.07, 6.45) is 9.44. The van der Waals surface area contributed by atoms with E-state index in [1.165, 1.54) is 12.0 Å². The van der Waals surface area contributed by atoms with Gasteiger partial charge < -0.3 is 10.4 Å². The normalized spacial score (nSPS) is 25.7. The molecule has 1 heterocycles. The molecule has 118 valence electrons. The van der Waals surface area contributed by atoms with Crippen LogP contribution in [0.3, 0.4) is 0 Å². The number of halogens is 1. The standard InChI is InChI=1S/C18H23ClN2O/c1-21(18(22)14-4-6-15(19)7-5-14)17-8-2-13(3-9-17)12-16-10-11-20-16/h2-8,16-18,20,22H,9-12H2,1H3/t16-,17?,18?/m1/s1. The lowest BCUT2D eigenvalue weighted by molar-refractivity contribution is 0.00387. The number of aliphatic hydroxyl groups is 1. The SMILES string of the molecule is CN(C1C=CC(C[C@H]2CCN2)=CC1)C(O)c1ccc(Cl)cc1. The molecule has 22 heavy (non-hydrogen) atoms. The fourth-order valence-electron chi connectivity index (χ4n) is 2.97. The molecule has 1 aliphatic carbocycles. The van der Waals surface area contributed by atoms with Crippen molar-refractivity contribution in [2.45, 2.75) is 37.6 Å². The van der Waals surface area contributed by atoms with Gasteiger partial charge in [0.2, 0.25) is 0 Å². The molecule has 0 amide bonds. The third kappa shape index (κ3) is 3.61. The summed E-state index contributed by atoms with van der Waals surface area (Å²) in [4.78, 5) is 1.99. The van der Waals surface area contributed by atoms with Crippen LogP contribution in [-0.4, -0.2) is 35.7 Å². The molecule has 2 aliphatic rings. The van der Waals surface area contributed by atoms with Crippen molar-refractivity contribution in [1.82, 2.24) is 10.2 Å². The Hall–Kier alpha value is -1.13. The highest BCUT2D eigenvalue weighted by Crippen LogP contribution is 2.26. The van der Waals surface area contributed by atoms with Crippen molar-refractivity contribution < 1.29 is 5.11 Å². The fraction of sp³-hybridized carbons (Fsp3) is 0.444. The molecular formula is C18H23ClN2O. The molecule has 3 nitrogen and oxygen atoms in total. The molecular weight excluding hydrogens is 296 g/mol. The van der Waals surface area contributed by atoms with Gasteiger partial charge in [-0.25, -0.2) is 0 Å². The quantitative estimate of drug-likeness (QED) is 0.818. The van der Waals surface area contributed by atoms with Crippen LogP contribution in [0.2, 0.25) is 5.02 Å². The topological polar surface area (TPSA) is 35.5 Å². The maximum Gasteiger partial charge on any atom is 0.133 e. The van der Waals surface area contributed by atoms with Gasteiger partial charge in [0.25, 0.3) is 0 Å². The van der Waals surface area contributed by atoms with Crippen LogP contribution >= 0.6 is 11.6 Å².